The highest BCUT2D eigenvalue weighted by molar-refractivity contribution is 5.90. The Morgan fingerprint density at radius 3 is 2.91 bits per heavy atom. The molecule has 0 aliphatic carbocycles. The fraction of sp³-hybridized carbons (Fsp3) is 0.133. The molecule has 4 rings (SSSR count). The largest absolute Gasteiger partial charge is 0.356 e. The van der Waals surface area contributed by atoms with Crippen molar-refractivity contribution in [1.29, 1.82) is 0 Å². The molecule has 0 amide bonds. The van der Waals surface area contributed by atoms with Crippen molar-refractivity contribution in [3.63, 3.8) is 0 Å². The Morgan fingerprint density at radius 2 is 2.09 bits per heavy atom. The number of aromatic amines is 1. The van der Waals surface area contributed by atoms with Crippen LogP contribution in [-0.4, -0.2) is 20.3 Å². The number of anilines is 2. The molecule has 0 saturated heterocycles. The van der Waals surface area contributed by atoms with Crippen LogP contribution >= 0.6 is 0 Å². The van der Waals surface area contributed by atoms with E-state index in [4.69, 9.17) is 4.52 Å². The lowest BCUT2D eigenvalue weighted by Crippen LogP contribution is -2.07. The second-order valence-corrected chi connectivity index (χ2v) is 5.23. The van der Waals surface area contributed by atoms with Gasteiger partial charge < -0.3 is 9.84 Å². The van der Waals surface area contributed by atoms with Crippen molar-refractivity contribution in [2.75, 3.05) is 5.32 Å². The number of rotatable bonds is 3. The first kappa shape index (κ1) is 13.6. The molecule has 0 aliphatic rings. The molecule has 3 heterocycles. The normalized spacial score (nSPS) is 12.1. The molecule has 23 heavy (non-hydrogen) atoms. The Morgan fingerprint density at radius 1 is 1.22 bits per heavy atom. The van der Waals surface area contributed by atoms with Gasteiger partial charge in [-0.2, -0.15) is 13.9 Å². The van der Waals surface area contributed by atoms with Crippen LogP contribution in [-0.2, 0) is 5.92 Å². The minimum Gasteiger partial charge on any atom is -0.356 e. The maximum Gasteiger partial charge on any atom is 0.290 e. The number of hydrogen-bond donors (Lipinski definition) is 2. The summed E-state index contributed by atoms with van der Waals surface area (Å²) in [5.41, 5.74) is 1.22. The van der Waals surface area contributed by atoms with Gasteiger partial charge in [0, 0.05) is 24.9 Å². The second kappa shape index (κ2) is 4.73. The highest BCUT2D eigenvalue weighted by Crippen LogP contribution is 2.34. The number of fused-ring (bicyclic) bond motifs is 2. The van der Waals surface area contributed by atoms with Crippen molar-refractivity contribution in [2.24, 2.45) is 0 Å². The average molecular weight is 315 g/mol. The third-order valence-electron chi connectivity index (χ3n) is 3.49. The minimum absolute atomic E-state index is 0.282. The number of nitrogens with one attached hydrogen (secondary N) is 2. The maximum atomic E-state index is 13.4. The number of hydrogen-bond acceptors (Lipinski definition) is 5. The Balaban J connectivity index is 1.73. The summed E-state index contributed by atoms with van der Waals surface area (Å²) in [5, 5.41) is 14.7. The molecule has 0 spiro atoms. The summed E-state index contributed by atoms with van der Waals surface area (Å²) in [7, 11) is 0. The van der Waals surface area contributed by atoms with Crippen LogP contribution in [0.3, 0.4) is 0 Å². The van der Waals surface area contributed by atoms with Crippen molar-refractivity contribution in [2.45, 2.75) is 12.8 Å². The highest BCUT2D eigenvalue weighted by atomic mass is 19.3. The number of halogens is 2. The summed E-state index contributed by atoms with van der Waals surface area (Å²) in [4.78, 5) is 4.15. The summed E-state index contributed by atoms with van der Waals surface area (Å²) < 4.78 is 31.9. The zero-order valence-corrected chi connectivity index (χ0v) is 12.0. The standard InChI is InChI=1S/C15H11F2N5O/c1-15(16,17)12-9-5-4-8(7-11(9)23-22-12)19-14-10-3-2-6-18-13(10)20-21-14/h2-7H,1H3,(H2,18,19,20,21). The smallest absolute Gasteiger partial charge is 0.290 e. The maximum absolute atomic E-state index is 13.4. The van der Waals surface area contributed by atoms with E-state index in [2.05, 4.69) is 25.7 Å². The molecule has 8 heteroatoms. The van der Waals surface area contributed by atoms with Crippen molar-refractivity contribution in [3.8, 4) is 0 Å². The lowest BCUT2D eigenvalue weighted by molar-refractivity contribution is 0.0112. The van der Waals surface area contributed by atoms with Crippen LogP contribution < -0.4 is 5.32 Å². The van der Waals surface area contributed by atoms with E-state index in [-0.39, 0.29) is 16.7 Å². The zero-order valence-electron chi connectivity index (χ0n) is 12.0. The minimum atomic E-state index is -3.05. The van der Waals surface area contributed by atoms with Crippen molar-refractivity contribution < 1.29 is 13.3 Å². The first-order valence-electron chi connectivity index (χ1n) is 6.86. The average Bonchev–Trinajstić information content (AvgIpc) is 3.11. The van der Waals surface area contributed by atoms with Crippen LogP contribution in [0, 0.1) is 0 Å². The van der Waals surface area contributed by atoms with Crippen molar-refractivity contribution in [3.05, 3.63) is 42.2 Å². The van der Waals surface area contributed by atoms with Crippen LogP contribution in [0.4, 0.5) is 20.3 Å². The van der Waals surface area contributed by atoms with Crippen LogP contribution in [0.15, 0.2) is 41.1 Å². The van der Waals surface area contributed by atoms with Gasteiger partial charge in [-0.25, -0.2) is 4.98 Å². The van der Waals surface area contributed by atoms with Gasteiger partial charge in [-0.1, -0.05) is 5.16 Å². The van der Waals surface area contributed by atoms with Gasteiger partial charge in [0.15, 0.2) is 22.7 Å². The van der Waals surface area contributed by atoms with Crippen molar-refractivity contribution in [1.82, 2.24) is 20.3 Å². The molecule has 0 fully saturated rings. The molecule has 2 N–H and O–H groups in total. The zero-order chi connectivity index (χ0) is 16.0. The van der Waals surface area contributed by atoms with E-state index < -0.39 is 5.92 Å². The number of nitrogens with zero attached hydrogens (tertiary/aromatic N) is 3. The molecule has 0 unspecified atom stereocenters. The summed E-state index contributed by atoms with van der Waals surface area (Å²) in [6.07, 6.45) is 1.66. The highest BCUT2D eigenvalue weighted by Gasteiger charge is 2.31. The molecule has 0 radical (unpaired) electrons. The SMILES string of the molecule is CC(F)(F)c1noc2cc(Nc3n[nH]c4ncccc34)ccc12. The first-order valence-corrected chi connectivity index (χ1v) is 6.86. The lowest BCUT2D eigenvalue weighted by Gasteiger charge is -2.06. The Hall–Kier alpha value is -3.03. The van der Waals surface area contributed by atoms with Gasteiger partial charge in [-0.3, -0.25) is 5.10 Å². The number of pyridine rings is 1. The second-order valence-electron chi connectivity index (χ2n) is 5.23. The predicted octanol–water partition coefficient (Wildman–Crippen LogP) is 3.95. The Kier molecular flexibility index (Phi) is 2.80. The molecule has 0 aliphatic heterocycles. The quantitative estimate of drug-likeness (QED) is 0.598. The summed E-state index contributed by atoms with van der Waals surface area (Å²) in [5.74, 6) is -2.46. The molecule has 4 aromatic rings. The molecule has 3 aromatic heterocycles. The molecule has 6 nitrogen and oxygen atoms in total. The van der Waals surface area contributed by atoms with E-state index in [1.165, 1.54) is 0 Å². The Bertz CT molecular complexity index is 1000. The van der Waals surface area contributed by atoms with Crippen molar-refractivity contribution >= 4 is 33.5 Å². The topological polar surface area (TPSA) is 79.6 Å². The third-order valence-corrected chi connectivity index (χ3v) is 3.49. The van der Waals surface area contributed by atoms with E-state index in [1.54, 1.807) is 30.5 Å². The van der Waals surface area contributed by atoms with Gasteiger partial charge >= 0.3 is 0 Å². The first-order chi connectivity index (χ1) is 11.0. The molecule has 0 atom stereocenters. The number of H-pyrrole nitrogens is 1. The van der Waals surface area contributed by atoms with E-state index in [1.807, 2.05) is 6.07 Å². The number of alkyl halides is 2. The molecule has 1 aromatic carbocycles. The van der Waals surface area contributed by atoms with E-state index >= 15 is 0 Å². The van der Waals surface area contributed by atoms with Gasteiger partial charge in [0.1, 0.15) is 0 Å². The van der Waals surface area contributed by atoms with E-state index in [0.29, 0.717) is 17.2 Å². The summed E-state index contributed by atoms with van der Waals surface area (Å²) in [6.45, 7) is 0.791. The van der Waals surface area contributed by atoms with Gasteiger partial charge in [0.25, 0.3) is 5.92 Å². The molecular weight excluding hydrogens is 304 g/mol. The number of benzene rings is 1. The number of aromatic nitrogens is 4. The molecular formula is C15H11F2N5O. The summed E-state index contributed by atoms with van der Waals surface area (Å²) in [6, 6.07) is 8.50. The molecule has 116 valence electrons. The fourth-order valence-electron chi connectivity index (χ4n) is 2.42. The van der Waals surface area contributed by atoms with Gasteiger partial charge in [0.2, 0.25) is 0 Å². The van der Waals surface area contributed by atoms with Gasteiger partial charge in [-0.15, -0.1) is 0 Å². The van der Waals surface area contributed by atoms with E-state index in [9.17, 15) is 8.78 Å². The molecule has 0 bridgehead atoms. The van der Waals surface area contributed by atoms with Crippen LogP contribution in [0.1, 0.15) is 12.6 Å². The summed E-state index contributed by atoms with van der Waals surface area (Å²) >= 11 is 0. The Labute approximate surface area is 128 Å². The fourth-order valence-corrected chi connectivity index (χ4v) is 2.42. The van der Waals surface area contributed by atoms with Gasteiger partial charge in [-0.05, 0) is 24.3 Å². The third kappa shape index (κ3) is 2.28. The van der Waals surface area contributed by atoms with E-state index in [0.717, 1.165) is 12.3 Å². The van der Waals surface area contributed by atoms with Crippen LogP contribution in [0.5, 0.6) is 0 Å². The van der Waals surface area contributed by atoms with Crippen LogP contribution in [0.25, 0.3) is 22.0 Å². The van der Waals surface area contributed by atoms with Crippen LogP contribution in [0.2, 0.25) is 0 Å². The lowest BCUT2D eigenvalue weighted by atomic mass is 10.1. The molecule has 0 saturated carbocycles. The predicted molar refractivity (Wildman–Crippen MR) is 80.7 cm³/mol. The monoisotopic (exact) mass is 315 g/mol. The van der Waals surface area contributed by atoms with Gasteiger partial charge in [0.05, 0.1) is 10.8 Å².